The highest BCUT2D eigenvalue weighted by Crippen LogP contribution is 2.27. The Hall–Kier alpha value is -2.30. The lowest BCUT2D eigenvalue weighted by molar-refractivity contribution is -0.123. The number of methoxy groups -OCH3 is 1. The van der Waals surface area contributed by atoms with Crippen molar-refractivity contribution in [2.24, 2.45) is 0 Å². The summed E-state index contributed by atoms with van der Waals surface area (Å²) in [6, 6.07) is 3.11. The highest BCUT2D eigenvalue weighted by Gasteiger charge is 2.16. The van der Waals surface area contributed by atoms with Crippen LogP contribution in [-0.4, -0.2) is 49.8 Å². The van der Waals surface area contributed by atoms with Crippen molar-refractivity contribution < 1.29 is 23.9 Å². The molecule has 0 radical (unpaired) electrons. The quantitative estimate of drug-likeness (QED) is 0.566. The Kier molecular flexibility index (Phi) is 6.85. The number of imide groups is 1. The van der Waals surface area contributed by atoms with Crippen molar-refractivity contribution in [1.82, 2.24) is 15.6 Å². The second kappa shape index (κ2) is 9.11. The summed E-state index contributed by atoms with van der Waals surface area (Å²) in [6.07, 6.45) is 0. The minimum absolute atomic E-state index is 0.126. The van der Waals surface area contributed by atoms with Crippen LogP contribution in [0.3, 0.4) is 0 Å². The van der Waals surface area contributed by atoms with Crippen LogP contribution in [0.15, 0.2) is 22.9 Å². The first-order valence-electron chi connectivity index (χ1n) is 6.83. The van der Waals surface area contributed by atoms with E-state index >= 15 is 0 Å². The molecule has 0 spiro atoms. The number of rotatable bonds is 7. The maximum Gasteiger partial charge on any atom is 0.358 e. The number of carbonyl (C=O) groups excluding carboxylic acids is 3. The molecular weight excluding hydrogens is 354 g/mol. The molecule has 0 bridgehead atoms. The van der Waals surface area contributed by atoms with Gasteiger partial charge in [-0.15, -0.1) is 22.7 Å². The Bertz CT molecular complexity index is 699. The number of urea groups is 1. The third kappa shape index (κ3) is 5.41. The van der Waals surface area contributed by atoms with Crippen molar-refractivity contribution in [3.05, 3.63) is 28.6 Å². The molecule has 0 unspecified atom stereocenters. The summed E-state index contributed by atoms with van der Waals surface area (Å²) in [5.74, 6) is -1.45. The van der Waals surface area contributed by atoms with Crippen LogP contribution in [0.25, 0.3) is 9.88 Å². The molecule has 8 nitrogen and oxygen atoms in total. The summed E-state index contributed by atoms with van der Waals surface area (Å²) in [7, 11) is 1.49. The van der Waals surface area contributed by atoms with Gasteiger partial charge in [-0.05, 0) is 11.4 Å². The zero-order chi connectivity index (χ0) is 17.4. The molecule has 24 heavy (non-hydrogen) atoms. The molecule has 0 saturated carbocycles. The van der Waals surface area contributed by atoms with E-state index in [2.05, 4.69) is 10.3 Å². The summed E-state index contributed by atoms with van der Waals surface area (Å²) >= 11 is 2.83. The first-order valence-corrected chi connectivity index (χ1v) is 8.59. The molecule has 0 aromatic carbocycles. The molecule has 2 aromatic heterocycles. The smallest absolute Gasteiger partial charge is 0.358 e. The predicted molar refractivity (Wildman–Crippen MR) is 89.1 cm³/mol. The molecule has 10 heteroatoms. The monoisotopic (exact) mass is 369 g/mol. The van der Waals surface area contributed by atoms with E-state index in [1.165, 1.54) is 29.8 Å². The van der Waals surface area contributed by atoms with Crippen LogP contribution in [0.1, 0.15) is 10.5 Å². The Morgan fingerprint density at radius 3 is 2.83 bits per heavy atom. The standard InChI is InChI=1S/C14H15N3O5S2/c1-21-5-4-15-14(20)17-11(18)7-22-13(19)9-8-24-12(16-9)10-3-2-6-23-10/h2-3,6,8H,4-5,7H2,1H3,(H2,15,17,18,20). The SMILES string of the molecule is COCCNC(=O)NC(=O)COC(=O)c1csc(-c2cccs2)n1. The number of carbonyl (C=O) groups is 3. The van der Waals surface area contributed by atoms with Crippen LogP contribution in [0.5, 0.6) is 0 Å². The maximum atomic E-state index is 11.9. The highest BCUT2D eigenvalue weighted by atomic mass is 32.1. The summed E-state index contributed by atoms with van der Waals surface area (Å²) < 4.78 is 9.59. The minimum Gasteiger partial charge on any atom is -0.451 e. The molecule has 2 heterocycles. The molecule has 2 aromatic rings. The van der Waals surface area contributed by atoms with Gasteiger partial charge in [0, 0.05) is 19.0 Å². The van der Waals surface area contributed by atoms with E-state index in [1.807, 2.05) is 22.8 Å². The van der Waals surface area contributed by atoms with E-state index in [4.69, 9.17) is 9.47 Å². The van der Waals surface area contributed by atoms with Gasteiger partial charge in [-0.3, -0.25) is 10.1 Å². The van der Waals surface area contributed by atoms with Gasteiger partial charge in [0.1, 0.15) is 5.01 Å². The molecule has 128 valence electrons. The van der Waals surface area contributed by atoms with E-state index in [0.717, 1.165) is 4.88 Å². The second-order valence-electron chi connectivity index (χ2n) is 4.39. The lowest BCUT2D eigenvalue weighted by Crippen LogP contribution is -2.42. The minimum atomic E-state index is -0.730. The molecule has 0 aliphatic heterocycles. The van der Waals surface area contributed by atoms with E-state index in [0.29, 0.717) is 11.6 Å². The highest BCUT2D eigenvalue weighted by molar-refractivity contribution is 7.20. The van der Waals surface area contributed by atoms with Crippen LogP contribution in [0, 0.1) is 0 Å². The molecule has 2 rings (SSSR count). The molecule has 0 saturated heterocycles. The van der Waals surface area contributed by atoms with E-state index in [-0.39, 0.29) is 12.2 Å². The van der Waals surface area contributed by atoms with Crippen molar-refractivity contribution in [2.45, 2.75) is 0 Å². The first kappa shape index (κ1) is 18.0. The van der Waals surface area contributed by atoms with Crippen LogP contribution < -0.4 is 10.6 Å². The largest absolute Gasteiger partial charge is 0.451 e. The Morgan fingerprint density at radius 2 is 2.12 bits per heavy atom. The summed E-state index contributed by atoms with van der Waals surface area (Å²) in [5, 5.41) is 8.63. The number of nitrogens with one attached hydrogen (secondary N) is 2. The summed E-state index contributed by atoms with van der Waals surface area (Å²) in [4.78, 5) is 39.8. The van der Waals surface area contributed by atoms with Gasteiger partial charge in [0.2, 0.25) is 0 Å². The molecule has 0 aliphatic rings. The van der Waals surface area contributed by atoms with Crippen LogP contribution in [0.2, 0.25) is 0 Å². The van der Waals surface area contributed by atoms with Gasteiger partial charge in [0.05, 0.1) is 11.5 Å². The van der Waals surface area contributed by atoms with Gasteiger partial charge in [0.15, 0.2) is 12.3 Å². The van der Waals surface area contributed by atoms with Gasteiger partial charge in [-0.25, -0.2) is 14.6 Å². The van der Waals surface area contributed by atoms with Crippen molar-refractivity contribution in [2.75, 3.05) is 26.9 Å². The fourth-order valence-corrected chi connectivity index (χ4v) is 3.16. The summed E-state index contributed by atoms with van der Waals surface area (Å²) in [5.41, 5.74) is 0.126. The third-order valence-corrected chi connectivity index (χ3v) is 4.51. The van der Waals surface area contributed by atoms with Gasteiger partial charge >= 0.3 is 12.0 Å². The fraction of sp³-hybridized carbons (Fsp3) is 0.286. The second-order valence-corrected chi connectivity index (χ2v) is 6.19. The Balaban J connectivity index is 1.76. The third-order valence-electron chi connectivity index (χ3n) is 2.62. The maximum absolute atomic E-state index is 11.9. The van der Waals surface area contributed by atoms with E-state index in [1.54, 1.807) is 5.38 Å². The number of thiophene rings is 1. The van der Waals surface area contributed by atoms with Gasteiger partial charge in [-0.2, -0.15) is 0 Å². The van der Waals surface area contributed by atoms with Gasteiger partial charge < -0.3 is 14.8 Å². The number of thiazole rings is 1. The lowest BCUT2D eigenvalue weighted by atomic mass is 10.4. The molecule has 0 aliphatic carbocycles. The van der Waals surface area contributed by atoms with Crippen LogP contribution in [0.4, 0.5) is 4.79 Å². The van der Waals surface area contributed by atoms with Crippen molar-refractivity contribution in [3.8, 4) is 9.88 Å². The van der Waals surface area contributed by atoms with Crippen molar-refractivity contribution >= 4 is 40.6 Å². The molecular formula is C14H15N3O5S2. The van der Waals surface area contributed by atoms with Gasteiger partial charge in [-0.1, -0.05) is 6.07 Å². The molecule has 2 N–H and O–H groups in total. The molecule has 3 amide bonds. The lowest BCUT2D eigenvalue weighted by Gasteiger charge is -2.06. The first-order chi connectivity index (χ1) is 11.6. The molecule has 0 fully saturated rings. The fourth-order valence-electron chi connectivity index (χ4n) is 1.56. The average molecular weight is 369 g/mol. The Labute approximate surface area is 145 Å². The van der Waals surface area contributed by atoms with E-state index < -0.39 is 24.5 Å². The number of amides is 3. The number of ether oxygens (including phenoxy) is 2. The Morgan fingerprint density at radius 1 is 1.29 bits per heavy atom. The van der Waals surface area contributed by atoms with Crippen LogP contribution in [-0.2, 0) is 14.3 Å². The normalized spacial score (nSPS) is 10.2. The predicted octanol–water partition coefficient (Wildman–Crippen LogP) is 1.50. The van der Waals surface area contributed by atoms with Crippen molar-refractivity contribution in [1.29, 1.82) is 0 Å². The van der Waals surface area contributed by atoms with E-state index in [9.17, 15) is 14.4 Å². The van der Waals surface area contributed by atoms with Crippen molar-refractivity contribution in [3.63, 3.8) is 0 Å². The van der Waals surface area contributed by atoms with Gasteiger partial charge in [0.25, 0.3) is 5.91 Å². The zero-order valence-corrected chi connectivity index (χ0v) is 14.4. The zero-order valence-electron chi connectivity index (χ0n) is 12.7. The number of nitrogens with zero attached hydrogens (tertiary/aromatic N) is 1. The number of aromatic nitrogens is 1. The molecule has 0 atom stereocenters. The summed E-state index contributed by atoms with van der Waals surface area (Å²) in [6.45, 7) is 0.0229. The average Bonchev–Trinajstić information content (AvgIpc) is 3.23. The van der Waals surface area contributed by atoms with Crippen LogP contribution >= 0.6 is 22.7 Å². The number of hydrogen-bond acceptors (Lipinski definition) is 8. The topological polar surface area (TPSA) is 107 Å². The number of esters is 1. The number of hydrogen-bond donors (Lipinski definition) is 2.